The molecule has 0 bridgehead atoms. The molecule has 2 amide bonds. The van der Waals surface area contributed by atoms with Gasteiger partial charge in [-0.25, -0.2) is 13.6 Å². The Kier molecular flexibility index (Phi) is 4.04. The van der Waals surface area contributed by atoms with E-state index in [9.17, 15) is 13.6 Å². The van der Waals surface area contributed by atoms with E-state index in [0.29, 0.717) is 13.0 Å². The fraction of sp³-hybridized carbons (Fsp3) is 0.917. The molecule has 104 valence electrons. The van der Waals surface area contributed by atoms with Crippen molar-refractivity contribution < 1.29 is 13.6 Å². The number of hydrogen-bond acceptors (Lipinski definition) is 2. The topological polar surface area (TPSA) is 35.6 Å². The van der Waals surface area contributed by atoms with E-state index >= 15 is 0 Å². The molecule has 2 aliphatic heterocycles. The van der Waals surface area contributed by atoms with Crippen molar-refractivity contribution in [3.63, 3.8) is 0 Å². The number of carbonyl (C=O) groups excluding carboxylic acids is 1. The van der Waals surface area contributed by atoms with Gasteiger partial charge in [-0.15, -0.1) is 0 Å². The minimum Gasteiger partial charge on any atom is -0.335 e. The Labute approximate surface area is 106 Å². The molecular weight excluding hydrogens is 240 g/mol. The van der Waals surface area contributed by atoms with Crippen LogP contribution in [-0.4, -0.2) is 61.0 Å². The second-order valence-electron chi connectivity index (χ2n) is 5.41. The van der Waals surface area contributed by atoms with Gasteiger partial charge in [-0.1, -0.05) is 0 Å². The minimum atomic E-state index is -2.72. The van der Waals surface area contributed by atoms with Gasteiger partial charge in [0.15, 0.2) is 0 Å². The molecule has 0 aromatic heterocycles. The van der Waals surface area contributed by atoms with Crippen molar-refractivity contribution in [2.24, 2.45) is 0 Å². The summed E-state index contributed by atoms with van der Waals surface area (Å²) in [5.74, 6) is -2.72. The van der Waals surface area contributed by atoms with Crippen LogP contribution in [0.2, 0.25) is 0 Å². The average molecular weight is 261 g/mol. The van der Waals surface area contributed by atoms with Gasteiger partial charge >= 0.3 is 6.03 Å². The molecular formula is C12H21F2N3O. The number of rotatable bonds is 1. The number of piperidine rings is 2. The highest BCUT2D eigenvalue weighted by molar-refractivity contribution is 5.74. The molecule has 0 saturated carbocycles. The van der Waals surface area contributed by atoms with Crippen LogP contribution in [0.4, 0.5) is 13.6 Å². The van der Waals surface area contributed by atoms with E-state index in [4.69, 9.17) is 0 Å². The van der Waals surface area contributed by atoms with Crippen molar-refractivity contribution in [2.75, 3.05) is 33.2 Å². The Morgan fingerprint density at radius 2 is 1.94 bits per heavy atom. The quantitative estimate of drug-likeness (QED) is 0.777. The molecule has 18 heavy (non-hydrogen) atoms. The van der Waals surface area contributed by atoms with Gasteiger partial charge < -0.3 is 15.1 Å². The summed E-state index contributed by atoms with van der Waals surface area (Å²) in [6.07, 6.45) is 2.07. The third kappa shape index (κ3) is 3.54. The molecule has 0 atom stereocenters. The lowest BCUT2D eigenvalue weighted by Crippen LogP contribution is -2.53. The van der Waals surface area contributed by atoms with Crippen molar-refractivity contribution in [1.82, 2.24) is 15.1 Å². The Morgan fingerprint density at radius 1 is 1.28 bits per heavy atom. The van der Waals surface area contributed by atoms with Gasteiger partial charge in [0.25, 0.3) is 5.92 Å². The molecule has 2 fully saturated rings. The number of likely N-dealkylation sites (tertiary alicyclic amines) is 2. The van der Waals surface area contributed by atoms with E-state index in [2.05, 4.69) is 10.2 Å². The third-order valence-electron chi connectivity index (χ3n) is 3.73. The van der Waals surface area contributed by atoms with Crippen molar-refractivity contribution in [2.45, 2.75) is 37.6 Å². The van der Waals surface area contributed by atoms with Crippen LogP contribution in [0.15, 0.2) is 0 Å². The van der Waals surface area contributed by atoms with Crippen LogP contribution < -0.4 is 5.32 Å². The van der Waals surface area contributed by atoms with Gasteiger partial charge in [0.05, 0.1) is 6.54 Å². The Hall–Kier alpha value is -0.910. The first-order chi connectivity index (χ1) is 8.46. The summed E-state index contributed by atoms with van der Waals surface area (Å²) in [6, 6.07) is -0.201. The molecule has 0 aromatic rings. The molecule has 0 aliphatic carbocycles. The predicted octanol–water partition coefficient (Wildman–Crippen LogP) is 1.52. The lowest BCUT2D eigenvalue weighted by molar-refractivity contribution is -0.0526. The van der Waals surface area contributed by atoms with Gasteiger partial charge in [-0.3, -0.25) is 0 Å². The van der Waals surface area contributed by atoms with E-state index in [0.717, 1.165) is 25.9 Å². The highest BCUT2D eigenvalue weighted by atomic mass is 19.3. The largest absolute Gasteiger partial charge is 0.335 e. The lowest BCUT2D eigenvalue weighted by atomic mass is 10.1. The summed E-state index contributed by atoms with van der Waals surface area (Å²) in [5, 5.41) is 2.87. The number of alkyl halides is 2. The smallest absolute Gasteiger partial charge is 0.317 e. The average Bonchev–Trinajstić information content (AvgIpc) is 2.31. The lowest BCUT2D eigenvalue weighted by Gasteiger charge is -2.35. The first-order valence-electron chi connectivity index (χ1n) is 6.58. The van der Waals surface area contributed by atoms with E-state index in [1.165, 1.54) is 4.90 Å². The first-order valence-corrected chi connectivity index (χ1v) is 6.58. The fourth-order valence-corrected chi connectivity index (χ4v) is 2.56. The van der Waals surface area contributed by atoms with Crippen LogP contribution >= 0.6 is 0 Å². The zero-order valence-corrected chi connectivity index (χ0v) is 10.8. The molecule has 0 unspecified atom stereocenters. The van der Waals surface area contributed by atoms with Crippen molar-refractivity contribution in [3.05, 3.63) is 0 Å². The van der Waals surface area contributed by atoms with E-state index in [1.807, 2.05) is 7.05 Å². The van der Waals surface area contributed by atoms with Crippen LogP contribution in [0, 0.1) is 0 Å². The van der Waals surface area contributed by atoms with Crippen molar-refractivity contribution >= 4 is 6.03 Å². The number of amides is 2. The molecule has 0 spiro atoms. The molecule has 2 heterocycles. The summed E-state index contributed by atoms with van der Waals surface area (Å²) in [4.78, 5) is 15.4. The van der Waals surface area contributed by atoms with Gasteiger partial charge in [0.2, 0.25) is 0 Å². The number of nitrogens with zero attached hydrogens (tertiary/aromatic N) is 2. The fourth-order valence-electron chi connectivity index (χ4n) is 2.56. The summed E-state index contributed by atoms with van der Waals surface area (Å²) in [7, 11) is 2.04. The van der Waals surface area contributed by atoms with Crippen LogP contribution in [0.3, 0.4) is 0 Å². The third-order valence-corrected chi connectivity index (χ3v) is 3.73. The monoisotopic (exact) mass is 261 g/mol. The van der Waals surface area contributed by atoms with Crippen LogP contribution in [0.25, 0.3) is 0 Å². The first kappa shape index (κ1) is 13.5. The molecule has 2 aliphatic rings. The highest BCUT2D eigenvalue weighted by Gasteiger charge is 2.37. The predicted molar refractivity (Wildman–Crippen MR) is 64.8 cm³/mol. The zero-order valence-electron chi connectivity index (χ0n) is 10.8. The Morgan fingerprint density at radius 3 is 2.56 bits per heavy atom. The van der Waals surface area contributed by atoms with Crippen molar-refractivity contribution in [3.8, 4) is 0 Å². The molecule has 0 aromatic carbocycles. The SMILES string of the molecule is CN1CCC(NC(=O)N2CCCC(F)(F)C2)CC1. The standard InChI is InChI=1S/C12H21F2N3O/c1-16-7-3-10(4-8-16)15-11(18)17-6-2-5-12(13,14)9-17/h10H,2-9H2,1H3,(H,15,18). The normalized spacial score (nSPS) is 26.1. The second-order valence-corrected chi connectivity index (χ2v) is 5.41. The molecule has 2 rings (SSSR count). The summed E-state index contributed by atoms with van der Waals surface area (Å²) in [5.41, 5.74) is 0. The van der Waals surface area contributed by atoms with Gasteiger partial charge in [0.1, 0.15) is 0 Å². The second kappa shape index (κ2) is 5.38. The van der Waals surface area contributed by atoms with Crippen molar-refractivity contribution in [1.29, 1.82) is 0 Å². The number of hydrogen-bond donors (Lipinski definition) is 1. The molecule has 2 saturated heterocycles. The maximum atomic E-state index is 13.2. The Bertz CT molecular complexity index is 304. The summed E-state index contributed by atoms with van der Waals surface area (Å²) < 4.78 is 26.4. The highest BCUT2D eigenvalue weighted by Crippen LogP contribution is 2.26. The molecule has 1 N–H and O–H groups in total. The summed E-state index contributed by atoms with van der Waals surface area (Å²) >= 11 is 0. The Balaban J connectivity index is 1.80. The van der Waals surface area contributed by atoms with Crippen LogP contribution in [0.1, 0.15) is 25.7 Å². The summed E-state index contributed by atoms with van der Waals surface area (Å²) in [6.45, 7) is 1.89. The van der Waals surface area contributed by atoms with E-state index in [1.54, 1.807) is 0 Å². The molecule has 6 heteroatoms. The number of carbonyl (C=O) groups is 1. The maximum Gasteiger partial charge on any atom is 0.317 e. The number of halogens is 2. The maximum absolute atomic E-state index is 13.2. The minimum absolute atomic E-state index is 0.106. The van der Waals surface area contributed by atoms with Gasteiger partial charge in [-0.2, -0.15) is 0 Å². The number of nitrogens with one attached hydrogen (secondary N) is 1. The molecule has 4 nitrogen and oxygen atoms in total. The van der Waals surface area contributed by atoms with Gasteiger partial charge in [-0.05, 0) is 39.4 Å². The number of urea groups is 1. The van der Waals surface area contributed by atoms with E-state index in [-0.39, 0.29) is 18.5 Å². The van der Waals surface area contributed by atoms with E-state index < -0.39 is 12.5 Å². The van der Waals surface area contributed by atoms with Gasteiger partial charge in [0, 0.05) is 19.0 Å². The molecule has 0 radical (unpaired) electrons. The zero-order chi connectivity index (χ0) is 13.2. The van der Waals surface area contributed by atoms with Crippen LogP contribution in [0.5, 0.6) is 0 Å². The van der Waals surface area contributed by atoms with Crippen LogP contribution in [-0.2, 0) is 0 Å².